The van der Waals surface area contributed by atoms with Gasteiger partial charge in [-0.1, -0.05) is 23.7 Å². The Hall–Kier alpha value is -1.74. The lowest BCUT2D eigenvalue weighted by atomic mass is 10.0. The summed E-state index contributed by atoms with van der Waals surface area (Å²) < 4.78 is 5.12. The number of ether oxygens (including phenoxy) is 1. The van der Waals surface area contributed by atoms with Gasteiger partial charge in [-0.05, 0) is 29.1 Å². The smallest absolute Gasteiger partial charge is 0.307 e. The summed E-state index contributed by atoms with van der Waals surface area (Å²) in [6.07, 6.45) is -0.0686. The van der Waals surface area contributed by atoms with Gasteiger partial charge in [0.05, 0.1) is 18.6 Å². The van der Waals surface area contributed by atoms with Crippen LogP contribution in [-0.2, 0) is 11.2 Å². The summed E-state index contributed by atoms with van der Waals surface area (Å²) in [6, 6.07) is 9.09. The molecule has 0 spiro atoms. The van der Waals surface area contributed by atoms with Crippen molar-refractivity contribution in [1.82, 2.24) is 0 Å². The van der Waals surface area contributed by atoms with Crippen molar-refractivity contribution in [3.63, 3.8) is 0 Å². The Morgan fingerprint density at radius 3 is 2.76 bits per heavy atom. The van der Waals surface area contributed by atoms with Gasteiger partial charge in [0.1, 0.15) is 5.75 Å². The molecule has 0 aliphatic rings. The Kier molecular flexibility index (Phi) is 3.20. The van der Waals surface area contributed by atoms with Crippen LogP contribution in [0.25, 0.3) is 10.8 Å². The van der Waals surface area contributed by atoms with Gasteiger partial charge in [0.2, 0.25) is 0 Å². The lowest BCUT2D eigenvalue weighted by molar-refractivity contribution is -0.136. The van der Waals surface area contributed by atoms with E-state index in [0.717, 1.165) is 16.5 Å². The van der Waals surface area contributed by atoms with Crippen LogP contribution < -0.4 is 4.74 Å². The quantitative estimate of drug-likeness (QED) is 0.910. The Morgan fingerprint density at radius 2 is 2.12 bits per heavy atom. The Bertz CT molecular complexity index is 578. The number of aliphatic carboxylic acids is 1. The molecule has 0 radical (unpaired) electrons. The molecule has 2 aromatic rings. The lowest BCUT2D eigenvalue weighted by Gasteiger charge is -2.07. The fourth-order valence-electron chi connectivity index (χ4n) is 1.74. The van der Waals surface area contributed by atoms with Gasteiger partial charge in [0.25, 0.3) is 0 Å². The average molecular weight is 251 g/mol. The zero-order chi connectivity index (χ0) is 12.4. The highest BCUT2D eigenvalue weighted by molar-refractivity contribution is 6.36. The van der Waals surface area contributed by atoms with E-state index in [-0.39, 0.29) is 6.42 Å². The molecule has 0 heterocycles. The van der Waals surface area contributed by atoms with Gasteiger partial charge in [0, 0.05) is 5.39 Å². The van der Waals surface area contributed by atoms with Crippen LogP contribution in [0.4, 0.5) is 0 Å². The number of halogens is 1. The summed E-state index contributed by atoms with van der Waals surface area (Å²) in [7, 11) is 1.60. The van der Waals surface area contributed by atoms with Crippen molar-refractivity contribution >= 4 is 28.3 Å². The standard InChI is InChI=1S/C13H11ClO3/c1-17-10-4-5-11-8(6-10)2-3-9(13(11)14)7-12(15)16/h2-6H,7H2,1H3,(H,15,16). The fourth-order valence-corrected chi connectivity index (χ4v) is 2.04. The van der Waals surface area contributed by atoms with Crippen LogP contribution >= 0.6 is 11.6 Å². The molecule has 0 amide bonds. The summed E-state index contributed by atoms with van der Waals surface area (Å²) in [5.41, 5.74) is 0.622. The molecule has 0 bridgehead atoms. The number of carbonyl (C=O) groups is 1. The van der Waals surface area contributed by atoms with Crippen LogP contribution in [0, 0.1) is 0 Å². The molecule has 4 heteroatoms. The largest absolute Gasteiger partial charge is 0.497 e. The minimum atomic E-state index is -0.889. The third kappa shape index (κ3) is 2.34. The summed E-state index contributed by atoms with van der Waals surface area (Å²) >= 11 is 6.18. The molecule has 0 saturated heterocycles. The van der Waals surface area contributed by atoms with Crippen molar-refractivity contribution in [3.8, 4) is 5.75 Å². The van der Waals surface area contributed by atoms with E-state index >= 15 is 0 Å². The molecule has 3 nitrogen and oxygen atoms in total. The molecule has 0 unspecified atom stereocenters. The zero-order valence-electron chi connectivity index (χ0n) is 9.24. The van der Waals surface area contributed by atoms with Crippen molar-refractivity contribution in [2.75, 3.05) is 7.11 Å². The number of carboxylic acids is 1. The van der Waals surface area contributed by atoms with E-state index in [4.69, 9.17) is 21.4 Å². The lowest BCUT2D eigenvalue weighted by Crippen LogP contribution is -2.00. The molecule has 0 saturated carbocycles. The SMILES string of the molecule is COc1ccc2c(Cl)c(CC(=O)O)ccc2c1. The van der Waals surface area contributed by atoms with Gasteiger partial charge in [-0.25, -0.2) is 0 Å². The first-order valence-corrected chi connectivity index (χ1v) is 5.46. The molecule has 0 atom stereocenters. The van der Waals surface area contributed by atoms with Gasteiger partial charge < -0.3 is 9.84 Å². The van der Waals surface area contributed by atoms with Gasteiger partial charge in [-0.3, -0.25) is 4.79 Å². The molecule has 0 aliphatic carbocycles. The molecular formula is C13H11ClO3. The maximum atomic E-state index is 10.7. The van der Waals surface area contributed by atoms with Gasteiger partial charge in [0.15, 0.2) is 0 Å². The third-order valence-electron chi connectivity index (χ3n) is 2.58. The highest BCUT2D eigenvalue weighted by atomic mass is 35.5. The van der Waals surface area contributed by atoms with E-state index in [1.54, 1.807) is 19.2 Å². The number of fused-ring (bicyclic) bond motifs is 1. The molecule has 1 N–H and O–H groups in total. The number of methoxy groups -OCH3 is 1. The summed E-state index contributed by atoms with van der Waals surface area (Å²) in [5.74, 6) is -0.140. The second-order valence-corrected chi connectivity index (χ2v) is 4.07. The molecule has 2 aromatic carbocycles. The first-order chi connectivity index (χ1) is 8.11. The average Bonchev–Trinajstić information content (AvgIpc) is 2.32. The fraction of sp³-hybridized carbons (Fsp3) is 0.154. The number of carboxylic acid groups (broad SMARTS) is 1. The summed E-state index contributed by atoms with van der Waals surface area (Å²) in [4.78, 5) is 10.7. The minimum Gasteiger partial charge on any atom is -0.497 e. The number of benzene rings is 2. The Labute approximate surface area is 104 Å². The summed E-state index contributed by atoms with van der Waals surface area (Å²) in [5, 5.41) is 11.0. The first-order valence-electron chi connectivity index (χ1n) is 5.08. The molecular weight excluding hydrogens is 240 g/mol. The predicted molar refractivity (Wildman–Crippen MR) is 66.8 cm³/mol. The predicted octanol–water partition coefficient (Wildman–Crippen LogP) is 3.13. The minimum absolute atomic E-state index is 0.0686. The number of hydrogen-bond acceptors (Lipinski definition) is 2. The first kappa shape index (κ1) is 11.7. The van der Waals surface area contributed by atoms with Crippen molar-refractivity contribution in [2.45, 2.75) is 6.42 Å². The van der Waals surface area contributed by atoms with Crippen LogP contribution in [0.1, 0.15) is 5.56 Å². The highest BCUT2D eigenvalue weighted by Crippen LogP contribution is 2.30. The van der Waals surface area contributed by atoms with E-state index in [0.29, 0.717) is 10.6 Å². The monoisotopic (exact) mass is 250 g/mol. The maximum Gasteiger partial charge on any atom is 0.307 e. The second-order valence-electron chi connectivity index (χ2n) is 3.70. The topological polar surface area (TPSA) is 46.5 Å². The highest BCUT2D eigenvalue weighted by Gasteiger charge is 2.09. The molecule has 2 rings (SSSR count). The van der Waals surface area contributed by atoms with Crippen LogP contribution in [0.5, 0.6) is 5.75 Å². The Morgan fingerprint density at radius 1 is 1.35 bits per heavy atom. The molecule has 0 aliphatic heterocycles. The molecule has 0 fully saturated rings. The second kappa shape index (κ2) is 4.63. The van der Waals surface area contributed by atoms with E-state index in [9.17, 15) is 4.79 Å². The van der Waals surface area contributed by atoms with Crippen molar-refractivity contribution < 1.29 is 14.6 Å². The van der Waals surface area contributed by atoms with Crippen LogP contribution in [0.3, 0.4) is 0 Å². The van der Waals surface area contributed by atoms with E-state index < -0.39 is 5.97 Å². The van der Waals surface area contributed by atoms with Gasteiger partial charge in [-0.2, -0.15) is 0 Å². The van der Waals surface area contributed by atoms with Crippen molar-refractivity contribution in [1.29, 1.82) is 0 Å². The van der Waals surface area contributed by atoms with E-state index in [2.05, 4.69) is 0 Å². The van der Waals surface area contributed by atoms with E-state index in [1.807, 2.05) is 18.2 Å². The Balaban J connectivity index is 2.56. The van der Waals surface area contributed by atoms with Crippen LogP contribution in [-0.4, -0.2) is 18.2 Å². The van der Waals surface area contributed by atoms with Crippen LogP contribution in [0.2, 0.25) is 5.02 Å². The maximum absolute atomic E-state index is 10.7. The van der Waals surface area contributed by atoms with Crippen molar-refractivity contribution in [3.05, 3.63) is 40.9 Å². The van der Waals surface area contributed by atoms with Crippen molar-refractivity contribution in [2.24, 2.45) is 0 Å². The number of rotatable bonds is 3. The summed E-state index contributed by atoms with van der Waals surface area (Å²) in [6.45, 7) is 0. The molecule has 88 valence electrons. The zero-order valence-corrected chi connectivity index (χ0v) is 9.99. The van der Waals surface area contributed by atoms with Crippen LogP contribution in [0.15, 0.2) is 30.3 Å². The molecule has 17 heavy (non-hydrogen) atoms. The molecule has 0 aromatic heterocycles. The van der Waals surface area contributed by atoms with Gasteiger partial charge >= 0.3 is 5.97 Å². The third-order valence-corrected chi connectivity index (χ3v) is 3.03. The van der Waals surface area contributed by atoms with Gasteiger partial charge in [-0.15, -0.1) is 0 Å². The number of hydrogen-bond donors (Lipinski definition) is 1. The van der Waals surface area contributed by atoms with E-state index in [1.165, 1.54) is 0 Å². The normalized spacial score (nSPS) is 10.5.